The van der Waals surface area contributed by atoms with E-state index in [0.717, 1.165) is 0 Å². The minimum Gasteiger partial charge on any atom is -0.293 e. The third-order valence-corrected chi connectivity index (χ3v) is 1.92. The summed E-state index contributed by atoms with van der Waals surface area (Å²) in [5, 5.41) is 0. The standard InChI is InChI=1S/C7H4F10O/c1-2(18)4(10,11)6(14,15)7(16,17)5(12,13)3(8)9/h3H,1H3. The van der Waals surface area contributed by atoms with E-state index < -0.39 is 35.9 Å². The van der Waals surface area contributed by atoms with Gasteiger partial charge in [0.05, 0.1) is 0 Å². The highest BCUT2D eigenvalue weighted by atomic mass is 19.4. The largest absolute Gasteiger partial charge is 0.385 e. The molecular formula is C7H4F10O. The molecule has 0 aliphatic rings. The molecule has 0 N–H and O–H groups in total. The van der Waals surface area contributed by atoms with E-state index >= 15 is 0 Å². The summed E-state index contributed by atoms with van der Waals surface area (Å²) in [6.45, 7) is -0.273. The normalized spacial score (nSPS) is 15.1. The van der Waals surface area contributed by atoms with Crippen LogP contribution in [0.5, 0.6) is 0 Å². The molecule has 0 saturated carbocycles. The van der Waals surface area contributed by atoms with Crippen LogP contribution >= 0.6 is 0 Å². The molecule has 0 rings (SSSR count). The smallest absolute Gasteiger partial charge is 0.293 e. The third kappa shape index (κ3) is 2.03. The first-order chi connectivity index (χ1) is 7.64. The van der Waals surface area contributed by atoms with Crippen molar-refractivity contribution < 1.29 is 48.7 Å². The Balaban J connectivity index is 5.81. The Morgan fingerprint density at radius 3 is 1.39 bits per heavy atom. The molecule has 0 aromatic rings. The van der Waals surface area contributed by atoms with Gasteiger partial charge in [-0.1, -0.05) is 0 Å². The van der Waals surface area contributed by atoms with Crippen molar-refractivity contribution in [2.75, 3.05) is 0 Å². The molecule has 1 nitrogen and oxygen atoms in total. The molecule has 0 atom stereocenters. The van der Waals surface area contributed by atoms with Gasteiger partial charge in [0, 0.05) is 6.92 Å². The first-order valence-electron chi connectivity index (χ1n) is 3.94. The maximum Gasteiger partial charge on any atom is 0.385 e. The van der Waals surface area contributed by atoms with Crippen LogP contribution in [0.4, 0.5) is 43.9 Å². The molecule has 0 saturated heterocycles. The van der Waals surface area contributed by atoms with Gasteiger partial charge in [0.25, 0.3) is 0 Å². The van der Waals surface area contributed by atoms with Crippen LogP contribution < -0.4 is 0 Å². The lowest BCUT2D eigenvalue weighted by atomic mass is 9.96. The van der Waals surface area contributed by atoms with Gasteiger partial charge in [-0.05, 0) is 0 Å². The molecule has 0 aromatic carbocycles. The van der Waals surface area contributed by atoms with E-state index in [9.17, 15) is 48.7 Å². The summed E-state index contributed by atoms with van der Waals surface area (Å²) in [4.78, 5) is 10.1. The Morgan fingerprint density at radius 1 is 0.833 bits per heavy atom. The molecule has 0 heterocycles. The Kier molecular flexibility index (Phi) is 4.02. The molecule has 18 heavy (non-hydrogen) atoms. The molecule has 0 aliphatic carbocycles. The first-order valence-corrected chi connectivity index (χ1v) is 3.94. The van der Waals surface area contributed by atoms with Crippen molar-refractivity contribution in [3.8, 4) is 0 Å². The molecule has 0 unspecified atom stereocenters. The van der Waals surface area contributed by atoms with Crippen molar-refractivity contribution in [1.82, 2.24) is 0 Å². The number of hydrogen-bond donors (Lipinski definition) is 0. The minimum absolute atomic E-state index is 0.273. The molecule has 0 aromatic heterocycles. The van der Waals surface area contributed by atoms with E-state index in [1.54, 1.807) is 0 Å². The second kappa shape index (κ2) is 4.26. The highest BCUT2D eigenvalue weighted by Crippen LogP contribution is 2.54. The van der Waals surface area contributed by atoms with Crippen LogP contribution in [-0.2, 0) is 4.79 Å². The molecule has 0 spiro atoms. The van der Waals surface area contributed by atoms with Crippen molar-refractivity contribution >= 4 is 5.78 Å². The molecule has 0 radical (unpaired) electrons. The lowest BCUT2D eigenvalue weighted by molar-refractivity contribution is -0.375. The summed E-state index contributed by atoms with van der Waals surface area (Å²) < 4.78 is 122. The summed E-state index contributed by atoms with van der Waals surface area (Å²) in [6.07, 6.45) is -5.32. The van der Waals surface area contributed by atoms with Gasteiger partial charge >= 0.3 is 30.1 Å². The monoisotopic (exact) mass is 294 g/mol. The average molecular weight is 294 g/mol. The Labute approximate surface area is 92.7 Å². The fraction of sp³-hybridized carbons (Fsp3) is 0.857. The van der Waals surface area contributed by atoms with Crippen LogP contribution in [0, 0.1) is 0 Å². The highest BCUT2D eigenvalue weighted by molar-refractivity contribution is 5.84. The van der Waals surface area contributed by atoms with Gasteiger partial charge in [-0.3, -0.25) is 4.79 Å². The molecular weight excluding hydrogens is 290 g/mol. The quantitative estimate of drug-likeness (QED) is 0.710. The third-order valence-electron chi connectivity index (χ3n) is 1.92. The Bertz CT molecular complexity index is 333. The van der Waals surface area contributed by atoms with Gasteiger partial charge in [-0.2, -0.15) is 35.1 Å². The van der Waals surface area contributed by atoms with E-state index in [0.29, 0.717) is 0 Å². The predicted molar refractivity (Wildman–Crippen MR) is 36.5 cm³/mol. The fourth-order valence-electron chi connectivity index (χ4n) is 0.765. The second-order valence-electron chi connectivity index (χ2n) is 3.20. The number of carbonyl (C=O) groups is 1. The summed E-state index contributed by atoms with van der Waals surface area (Å²) in [7, 11) is 0. The molecule has 0 aliphatic heterocycles. The lowest BCUT2D eigenvalue weighted by Crippen LogP contribution is -2.65. The van der Waals surface area contributed by atoms with Crippen molar-refractivity contribution in [2.45, 2.75) is 37.0 Å². The van der Waals surface area contributed by atoms with E-state index in [1.165, 1.54) is 0 Å². The number of hydrogen-bond acceptors (Lipinski definition) is 1. The Morgan fingerprint density at radius 2 is 1.17 bits per heavy atom. The highest BCUT2D eigenvalue weighted by Gasteiger charge is 2.84. The number of Topliss-reactive ketones (excluding diaryl/α,β-unsaturated/α-hetero) is 1. The van der Waals surface area contributed by atoms with Gasteiger partial charge in [-0.25, -0.2) is 8.78 Å². The minimum atomic E-state index is -7.11. The van der Waals surface area contributed by atoms with Crippen LogP contribution in [0.2, 0.25) is 0 Å². The van der Waals surface area contributed by atoms with Gasteiger partial charge in [0.2, 0.25) is 5.78 Å². The number of carbonyl (C=O) groups excluding carboxylic acids is 1. The molecule has 11 heteroatoms. The number of alkyl halides is 10. The molecule has 108 valence electrons. The lowest BCUT2D eigenvalue weighted by Gasteiger charge is -2.35. The van der Waals surface area contributed by atoms with Crippen LogP contribution in [0.3, 0.4) is 0 Å². The molecule has 0 bridgehead atoms. The molecule has 0 amide bonds. The average Bonchev–Trinajstić information content (AvgIpc) is 2.15. The van der Waals surface area contributed by atoms with Crippen molar-refractivity contribution in [1.29, 1.82) is 0 Å². The summed E-state index contributed by atoms with van der Waals surface area (Å²) in [6, 6.07) is 0. The fourth-order valence-corrected chi connectivity index (χ4v) is 0.765. The van der Waals surface area contributed by atoms with Crippen molar-refractivity contribution in [3.05, 3.63) is 0 Å². The van der Waals surface area contributed by atoms with E-state index in [1.807, 2.05) is 0 Å². The summed E-state index contributed by atoms with van der Waals surface area (Å²) in [5.41, 5.74) is 0. The zero-order valence-corrected chi connectivity index (χ0v) is 8.27. The van der Waals surface area contributed by atoms with Gasteiger partial charge in [-0.15, -0.1) is 0 Å². The van der Waals surface area contributed by atoms with Crippen LogP contribution in [0.15, 0.2) is 0 Å². The second-order valence-corrected chi connectivity index (χ2v) is 3.20. The van der Waals surface area contributed by atoms with Crippen LogP contribution in [-0.4, -0.2) is 35.9 Å². The SMILES string of the molecule is CC(=O)C(F)(F)C(F)(F)C(F)(F)C(F)(F)C(F)F. The van der Waals surface area contributed by atoms with E-state index in [-0.39, 0.29) is 6.92 Å². The van der Waals surface area contributed by atoms with E-state index in [2.05, 4.69) is 0 Å². The van der Waals surface area contributed by atoms with E-state index in [4.69, 9.17) is 0 Å². The zero-order chi connectivity index (χ0) is 15.2. The first kappa shape index (κ1) is 17.0. The number of ketones is 1. The maximum atomic E-state index is 12.6. The predicted octanol–water partition coefficient (Wildman–Crippen LogP) is 3.38. The maximum absolute atomic E-state index is 12.6. The zero-order valence-electron chi connectivity index (χ0n) is 8.27. The van der Waals surface area contributed by atoms with Crippen molar-refractivity contribution in [2.24, 2.45) is 0 Å². The molecule has 0 fully saturated rings. The van der Waals surface area contributed by atoms with Gasteiger partial charge < -0.3 is 0 Å². The Hall–Kier alpha value is -1.03. The summed E-state index contributed by atoms with van der Waals surface area (Å²) >= 11 is 0. The topological polar surface area (TPSA) is 17.1 Å². The number of rotatable bonds is 5. The summed E-state index contributed by atoms with van der Waals surface area (Å²) in [5.74, 6) is -29.9. The van der Waals surface area contributed by atoms with Gasteiger partial charge in [0.1, 0.15) is 0 Å². The van der Waals surface area contributed by atoms with Gasteiger partial charge in [0.15, 0.2) is 0 Å². The van der Waals surface area contributed by atoms with Crippen LogP contribution in [0.25, 0.3) is 0 Å². The number of halogens is 10. The van der Waals surface area contributed by atoms with Crippen molar-refractivity contribution in [3.63, 3.8) is 0 Å². The van der Waals surface area contributed by atoms with Crippen LogP contribution in [0.1, 0.15) is 6.92 Å².